The molecule has 0 aromatic heterocycles. The van der Waals surface area contributed by atoms with E-state index >= 15 is 0 Å². The smallest absolute Gasteiger partial charge is 0.161 e. The van der Waals surface area contributed by atoms with Crippen LogP contribution in [0.15, 0.2) is 12.1 Å². The molecule has 0 radical (unpaired) electrons. The van der Waals surface area contributed by atoms with Gasteiger partial charge in [-0.15, -0.1) is 0 Å². The Labute approximate surface area is 154 Å². The maximum absolute atomic E-state index is 9.76. The molecule has 0 atom stereocenters. The predicted octanol–water partition coefficient (Wildman–Crippen LogP) is 6.83. The summed E-state index contributed by atoms with van der Waals surface area (Å²) in [5.74, 6) is -0.316. The van der Waals surface area contributed by atoms with E-state index in [-0.39, 0.29) is 17.2 Å². The molecule has 0 heterocycles. The fraction of sp³-hybridized carbons (Fsp3) is 0.727. The van der Waals surface area contributed by atoms with E-state index in [4.69, 9.17) is 0 Å². The number of hydrogen-bond donors (Lipinski definition) is 3. The molecule has 0 aliphatic heterocycles. The van der Waals surface area contributed by atoms with Gasteiger partial charge in [-0.1, -0.05) is 90.4 Å². The molecule has 3 heteroatoms. The lowest BCUT2D eigenvalue weighted by Crippen LogP contribution is -1.88. The molecule has 3 nitrogen and oxygen atoms in total. The number of phenolic OH excluding ortho intramolecular Hbond substituents is 3. The molecule has 0 unspecified atom stereocenters. The fourth-order valence-corrected chi connectivity index (χ4v) is 3.36. The fourth-order valence-electron chi connectivity index (χ4n) is 3.36. The summed E-state index contributed by atoms with van der Waals surface area (Å²) >= 11 is 0. The Kier molecular flexibility index (Phi) is 12.0. The van der Waals surface area contributed by atoms with E-state index in [0.29, 0.717) is 12.0 Å². The number of rotatable bonds is 15. The third-order valence-electron chi connectivity index (χ3n) is 4.95. The number of benzene rings is 1. The van der Waals surface area contributed by atoms with E-state index in [1.165, 1.54) is 89.2 Å². The summed E-state index contributed by atoms with van der Waals surface area (Å²) in [5.41, 5.74) is 0.636. The molecule has 144 valence electrons. The summed E-state index contributed by atoms with van der Waals surface area (Å²) in [6, 6.07) is 2.71. The number of phenols is 3. The second-order valence-electron chi connectivity index (χ2n) is 7.32. The molecule has 1 aromatic rings. The van der Waals surface area contributed by atoms with Crippen LogP contribution < -0.4 is 0 Å². The van der Waals surface area contributed by atoms with Crippen LogP contribution in [0.4, 0.5) is 0 Å². The highest BCUT2D eigenvalue weighted by molar-refractivity contribution is 5.49. The highest BCUT2D eigenvalue weighted by Gasteiger charge is 2.08. The Morgan fingerprint density at radius 2 is 1.04 bits per heavy atom. The molecule has 1 rings (SSSR count). The van der Waals surface area contributed by atoms with Crippen LogP contribution in [0, 0.1) is 0 Å². The van der Waals surface area contributed by atoms with Crippen molar-refractivity contribution in [2.75, 3.05) is 0 Å². The minimum absolute atomic E-state index is 0.00987. The molecule has 0 aliphatic rings. The largest absolute Gasteiger partial charge is 0.508 e. The molecule has 0 bridgehead atoms. The van der Waals surface area contributed by atoms with Crippen molar-refractivity contribution >= 4 is 0 Å². The first-order chi connectivity index (χ1) is 12.1. The zero-order valence-electron chi connectivity index (χ0n) is 16.1. The van der Waals surface area contributed by atoms with Gasteiger partial charge < -0.3 is 15.3 Å². The topological polar surface area (TPSA) is 60.7 Å². The molecule has 0 amide bonds. The molecule has 3 N–H and O–H groups in total. The minimum Gasteiger partial charge on any atom is -0.508 e. The molecule has 0 saturated carbocycles. The summed E-state index contributed by atoms with van der Waals surface area (Å²) in [5, 5.41) is 28.7. The number of unbranched alkanes of at least 4 members (excludes halogenated alkanes) is 13. The van der Waals surface area contributed by atoms with Crippen LogP contribution in [0.25, 0.3) is 0 Å². The van der Waals surface area contributed by atoms with Gasteiger partial charge >= 0.3 is 0 Å². The number of aromatic hydroxyl groups is 3. The van der Waals surface area contributed by atoms with Crippen LogP contribution in [-0.4, -0.2) is 15.3 Å². The molecular formula is C22H38O3. The molecular weight excluding hydrogens is 312 g/mol. The number of hydrogen-bond acceptors (Lipinski definition) is 3. The third kappa shape index (κ3) is 10.3. The zero-order valence-corrected chi connectivity index (χ0v) is 16.1. The highest BCUT2D eigenvalue weighted by atomic mass is 16.3. The SMILES string of the molecule is CCCCCCCCCCCCCCCCc1cc(O)cc(O)c1O. The van der Waals surface area contributed by atoms with Gasteiger partial charge in [0, 0.05) is 11.6 Å². The van der Waals surface area contributed by atoms with Crippen LogP contribution in [0.2, 0.25) is 0 Å². The van der Waals surface area contributed by atoms with Gasteiger partial charge in [0.1, 0.15) is 5.75 Å². The van der Waals surface area contributed by atoms with Crippen LogP contribution in [0.3, 0.4) is 0 Å². The van der Waals surface area contributed by atoms with E-state index in [1.807, 2.05) is 0 Å². The summed E-state index contributed by atoms with van der Waals surface area (Å²) < 4.78 is 0. The van der Waals surface area contributed by atoms with E-state index in [1.54, 1.807) is 0 Å². The van der Waals surface area contributed by atoms with E-state index < -0.39 is 0 Å². The van der Waals surface area contributed by atoms with Gasteiger partial charge in [-0.25, -0.2) is 0 Å². The van der Waals surface area contributed by atoms with Crippen molar-refractivity contribution in [3.63, 3.8) is 0 Å². The lowest BCUT2D eigenvalue weighted by molar-refractivity contribution is 0.391. The molecule has 0 saturated heterocycles. The second kappa shape index (κ2) is 13.9. The van der Waals surface area contributed by atoms with Gasteiger partial charge in [0.05, 0.1) is 0 Å². The van der Waals surface area contributed by atoms with E-state index in [2.05, 4.69) is 6.92 Å². The minimum atomic E-state index is -0.236. The zero-order chi connectivity index (χ0) is 18.3. The first kappa shape index (κ1) is 21.7. The van der Waals surface area contributed by atoms with Gasteiger partial charge in [0.2, 0.25) is 0 Å². The van der Waals surface area contributed by atoms with Gasteiger partial charge in [-0.3, -0.25) is 0 Å². The molecule has 0 fully saturated rings. The number of aryl methyl sites for hydroxylation is 1. The van der Waals surface area contributed by atoms with Gasteiger partial charge in [-0.05, 0) is 18.9 Å². The van der Waals surface area contributed by atoms with Crippen LogP contribution in [0.1, 0.15) is 102 Å². The molecule has 0 spiro atoms. The van der Waals surface area contributed by atoms with Crippen LogP contribution in [-0.2, 0) is 6.42 Å². The van der Waals surface area contributed by atoms with Crippen molar-refractivity contribution in [2.24, 2.45) is 0 Å². The monoisotopic (exact) mass is 350 g/mol. The average Bonchev–Trinajstić information content (AvgIpc) is 2.59. The van der Waals surface area contributed by atoms with Crippen molar-refractivity contribution in [1.29, 1.82) is 0 Å². The summed E-state index contributed by atoms with van der Waals surface area (Å²) in [6.07, 6.45) is 19.2. The Morgan fingerprint density at radius 3 is 1.52 bits per heavy atom. The lowest BCUT2D eigenvalue weighted by Gasteiger charge is -2.07. The average molecular weight is 351 g/mol. The maximum Gasteiger partial charge on any atom is 0.161 e. The predicted molar refractivity (Wildman–Crippen MR) is 105 cm³/mol. The molecule has 0 aliphatic carbocycles. The first-order valence-corrected chi connectivity index (χ1v) is 10.4. The Bertz CT molecular complexity index is 457. The normalized spacial score (nSPS) is 11.1. The van der Waals surface area contributed by atoms with Crippen LogP contribution in [0.5, 0.6) is 17.2 Å². The second-order valence-corrected chi connectivity index (χ2v) is 7.32. The Balaban J connectivity index is 1.91. The van der Waals surface area contributed by atoms with Gasteiger partial charge in [0.15, 0.2) is 11.5 Å². The summed E-state index contributed by atoms with van der Waals surface area (Å²) in [7, 11) is 0. The first-order valence-electron chi connectivity index (χ1n) is 10.4. The Morgan fingerprint density at radius 1 is 0.600 bits per heavy atom. The quantitative estimate of drug-likeness (QED) is 0.185. The summed E-state index contributed by atoms with van der Waals surface area (Å²) in [4.78, 5) is 0. The maximum atomic E-state index is 9.76. The van der Waals surface area contributed by atoms with Gasteiger partial charge in [-0.2, -0.15) is 0 Å². The van der Waals surface area contributed by atoms with E-state index in [9.17, 15) is 15.3 Å². The Hall–Kier alpha value is -1.38. The van der Waals surface area contributed by atoms with Crippen molar-refractivity contribution < 1.29 is 15.3 Å². The van der Waals surface area contributed by atoms with E-state index in [0.717, 1.165) is 12.8 Å². The van der Waals surface area contributed by atoms with Crippen molar-refractivity contribution in [1.82, 2.24) is 0 Å². The highest BCUT2D eigenvalue weighted by Crippen LogP contribution is 2.34. The van der Waals surface area contributed by atoms with Crippen molar-refractivity contribution in [3.8, 4) is 17.2 Å². The van der Waals surface area contributed by atoms with Gasteiger partial charge in [0.25, 0.3) is 0 Å². The third-order valence-corrected chi connectivity index (χ3v) is 4.95. The van der Waals surface area contributed by atoms with Crippen molar-refractivity contribution in [2.45, 2.75) is 103 Å². The van der Waals surface area contributed by atoms with Crippen molar-refractivity contribution in [3.05, 3.63) is 17.7 Å². The van der Waals surface area contributed by atoms with Crippen LogP contribution >= 0.6 is 0 Å². The molecule has 1 aromatic carbocycles. The molecule has 25 heavy (non-hydrogen) atoms. The standard InChI is InChI=1S/C22H38O3/c1-2-3-4-5-6-7-8-9-10-11-12-13-14-15-16-19-17-20(23)18-21(24)22(19)25/h17-18,23-25H,2-16H2,1H3. The lowest BCUT2D eigenvalue weighted by atomic mass is 10.0. The summed E-state index contributed by atoms with van der Waals surface area (Å²) in [6.45, 7) is 2.27.